The first-order chi connectivity index (χ1) is 14.6. The Morgan fingerprint density at radius 2 is 1.73 bits per heavy atom. The van der Waals surface area contributed by atoms with Crippen molar-refractivity contribution in [3.05, 3.63) is 83.9 Å². The molecule has 0 bridgehead atoms. The molecule has 0 aromatic heterocycles. The maximum absolute atomic E-state index is 14.0. The first kappa shape index (κ1) is 22.0. The second kappa shape index (κ2) is 10.9. The minimum absolute atomic E-state index is 0.223. The molecule has 3 rings (SSSR count). The van der Waals surface area contributed by atoms with Crippen LogP contribution in [0.5, 0.6) is 11.5 Å². The molecule has 3 aromatic rings. The van der Waals surface area contributed by atoms with Gasteiger partial charge in [0.15, 0.2) is 0 Å². The van der Waals surface area contributed by atoms with Crippen LogP contribution in [0.15, 0.2) is 71.6 Å². The predicted molar refractivity (Wildman–Crippen MR) is 119 cm³/mol. The molecule has 0 saturated carbocycles. The second-order valence-electron chi connectivity index (χ2n) is 6.79. The Morgan fingerprint density at radius 3 is 2.50 bits per heavy atom. The van der Waals surface area contributed by atoms with Crippen LogP contribution in [-0.4, -0.2) is 26.5 Å². The summed E-state index contributed by atoms with van der Waals surface area (Å²) in [6.07, 6.45) is 0.888. The van der Waals surface area contributed by atoms with Crippen molar-refractivity contribution in [3.8, 4) is 11.5 Å². The van der Waals surface area contributed by atoms with Crippen LogP contribution >= 0.6 is 11.8 Å². The smallest absolute Gasteiger partial charge is 0.146 e. The molecule has 0 aliphatic carbocycles. The molecule has 0 aliphatic heterocycles. The Hall–Kier alpha value is -2.73. The number of hydrogen-bond acceptors (Lipinski definition) is 4. The highest BCUT2D eigenvalue weighted by atomic mass is 32.2. The van der Waals surface area contributed by atoms with Gasteiger partial charge in [-0.15, -0.1) is 11.8 Å². The lowest BCUT2D eigenvalue weighted by atomic mass is 10.1. The zero-order chi connectivity index (χ0) is 21.3. The number of halogens is 2. The number of anilines is 1. The van der Waals surface area contributed by atoms with Crippen LogP contribution in [0.3, 0.4) is 0 Å². The molecule has 0 spiro atoms. The monoisotopic (exact) mass is 429 g/mol. The molecule has 0 fully saturated rings. The molecule has 0 heterocycles. The van der Waals surface area contributed by atoms with Gasteiger partial charge in [-0.2, -0.15) is 0 Å². The molecule has 0 saturated heterocycles. The Bertz CT molecular complexity index is 950. The third-order valence-electron chi connectivity index (χ3n) is 4.57. The van der Waals surface area contributed by atoms with Crippen molar-refractivity contribution in [3.63, 3.8) is 0 Å². The van der Waals surface area contributed by atoms with E-state index in [0.717, 1.165) is 41.4 Å². The summed E-state index contributed by atoms with van der Waals surface area (Å²) in [6, 6.07) is 19.1. The van der Waals surface area contributed by atoms with Crippen LogP contribution in [-0.2, 0) is 6.54 Å². The van der Waals surface area contributed by atoms with Crippen molar-refractivity contribution < 1.29 is 18.3 Å². The van der Waals surface area contributed by atoms with Gasteiger partial charge < -0.3 is 14.4 Å². The van der Waals surface area contributed by atoms with E-state index in [2.05, 4.69) is 0 Å². The Balaban J connectivity index is 1.51. The fourth-order valence-electron chi connectivity index (χ4n) is 3.00. The van der Waals surface area contributed by atoms with E-state index in [1.807, 2.05) is 48.5 Å². The van der Waals surface area contributed by atoms with Gasteiger partial charge in [0.05, 0.1) is 19.4 Å². The van der Waals surface area contributed by atoms with E-state index < -0.39 is 11.6 Å². The lowest BCUT2D eigenvalue weighted by Crippen LogP contribution is -2.18. The van der Waals surface area contributed by atoms with Gasteiger partial charge in [0.1, 0.15) is 23.1 Å². The number of para-hydroxylation sites is 1. The van der Waals surface area contributed by atoms with Crippen molar-refractivity contribution in [2.75, 3.05) is 31.4 Å². The maximum Gasteiger partial charge on any atom is 0.146 e. The molecular weight excluding hydrogens is 404 g/mol. The summed E-state index contributed by atoms with van der Waals surface area (Å²) >= 11 is 1.77. The summed E-state index contributed by atoms with van der Waals surface area (Å²) in [4.78, 5) is 2.87. The van der Waals surface area contributed by atoms with Crippen molar-refractivity contribution in [1.82, 2.24) is 0 Å². The number of methoxy groups -OCH3 is 1. The highest BCUT2D eigenvalue weighted by Gasteiger charge is 2.12. The SMILES string of the molecule is COc1ccc(SCCCOc2ccccc2CN(C)c2cc(F)ccc2F)cc1. The average molecular weight is 430 g/mol. The van der Waals surface area contributed by atoms with Gasteiger partial charge in [-0.3, -0.25) is 0 Å². The van der Waals surface area contributed by atoms with E-state index in [0.29, 0.717) is 13.2 Å². The fourth-order valence-corrected chi connectivity index (χ4v) is 3.82. The Morgan fingerprint density at radius 1 is 0.967 bits per heavy atom. The van der Waals surface area contributed by atoms with E-state index in [-0.39, 0.29) is 5.69 Å². The molecule has 0 N–H and O–H groups in total. The van der Waals surface area contributed by atoms with Crippen molar-refractivity contribution >= 4 is 17.4 Å². The summed E-state index contributed by atoms with van der Waals surface area (Å²) in [6.45, 7) is 0.995. The van der Waals surface area contributed by atoms with E-state index in [4.69, 9.17) is 9.47 Å². The molecule has 3 nitrogen and oxygen atoms in total. The van der Waals surface area contributed by atoms with E-state index in [1.54, 1.807) is 30.8 Å². The highest BCUT2D eigenvalue weighted by Crippen LogP contribution is 2.26. The number of nitrogens with zero attached hydrogens (tertiary/aromatic N) is 1. The zero-order valence-electron chi connectivity index (χ0n) is 17.1. The van der Waals surface area contributed by atoms with Crippen LogP contribution in [0.4, 0.5) is 14.5 Å². The lowest BCUT2D eigenvalue weighted by Gasteiger charge is -2.21. The normalized spacial score (nSPS) is 10.7. The van der Waals surface area contributed by atoms with E-state index in [1.165, 1.54) is 11.0 Å². The predicted octanol–water partition coefficient (Wildman–Crippen LogP) is 6.17. The first-order valence-electron chi connectivity index (χ1n) is 9.70. The quantitative estimate of drug-likeness (QED) is 0.284. The van der Waals surface area contributed by atoms with Crippen molar-refractivity contribution in [1.29, 1.82) is 0 Å². The molecule has 3 aromatic carbocycles. The van der Waals surface area contributed by atoms with E-state index in [9.17, 15) is 8.78 Å². The average Bonchev–Trinajstić information content (AvgIpc) is 2.76. The van der Waals surface area contributed by atoms with Crippen LogP contribution in [0.25, 0.3) is 0 Å². The molecule has 0 atom stereocenters. The summed E-state index contributed by atoms with van der Waals surface area (Å²) < 4.78 is 38.7. The number of thioether (sulfide) groups is 1. The first-order valence-corrected chi connectivity index (χ1v) is 10.7. The number of benzene rings is 3. The molecular formula is C24H25F2NO2S. The van der Waals surface area contributed by atoms with Gasteiger partial charge in [-0.05, 0) is 48.9 Å². The largest absolute Gasteiger partial charge is 0.497 e. The molecule has 6 heteroatoms. The van der Waals surface area contributed by atoms with Gasteiger partial charge in [0.25, 0.3) is 0 Å². The van der Waals surface area contributed by atoms with Gasteiger partial charge in [-0.25, -0.2) is 8.78 Å². The van der Waals surface area contributed by atoms with Crippen LogP contribution in [0, 0.1) is 11.6 Å². The van der Waals surface area contributed by atoms with Crippen LogP contribution in [0.1, 0.15) is 12.0 Å². The summed E-state index contributed by atoms with van der Waals surface area (Å²) in [5.74, 6) is 1.63. The van der Waals surface area contributed by atoms with Gasteiger partial charge in [0, 0.05) is 35.9 Å². The topological polar surface area (TPSA) is 21.7 Å². The third kappa shape index (κ3) is 6.13. The van der Waals surface area contributed by atoms with Gasteiger partial charge in [0.2, 0.25) is 0 Å². The minimum atomic E-state index is -0.461. The van der Waals surface area contributed by atoms with Gasteiger partial charge in [-0.1, -0.05) is 18.2 Å². The van der Waals surface area contributed by atoms with E-state index >= 15 is 0 Å². The zero-order valence-corrected chi connectivity index (χ0v) is 17.9. The van der Waals surface area contributed by atoms with Crippen molar-refractivity contribution in [2.45, 2.75) is 17.9 Å². The summed E-state index contributed by atoms with van der Waals surface area (Å²) in [5, 5.41) is 0. The Labute approximate surface area is 180 Å². The maximum atomic E-state index is 14.0. The van der Waals surface area contributed by atoms with Crippen LogP contribution in [0.2, 0.25) is 0 Å². The molecule has 0 unspecified atom stereocenters. The lowest BCUT2D eigenvalue weighted by molar-refractivity contribution is 0.315. The highest BCUT2D eigenvalue weighted by molar-refractivity contribution is 7.99. The van der Waals surface area contributed by atoms with Crippen molar-refractivity contribution in [2.24, 2.45) is 0 Å². The minimum Gasteiger partial charge on any atom is -0.497 e. The standard InChI is InChI=1S/C24H25F2NO2S/c1-27(23-16-19(25)8-13-22(23)26)17-18-6-3-4-7-24(18)29-14-5-15-30-21-11-9-20(28-2)10-12-21/h3-4,6-13,16H,5,14-15,17H2,1-2H3. The molecule has 0 aliphatic rings. The molecule has 0 amide bonds. The van der Waals surface area contributed by atoms with Crippen LogP contribution < -0.4 is 14.4 Å². The number of rotatable bonds is 10. The fraction of sp³-hybridized carbons (Fsp3) is 0.250. The molecule has 158 valence electrons. The van der Waals surface area contributed by atoms with Gasteiger partial charge >= 0.3 is 0 Å². The molecule has 30 heavy (non-hydrogen) atoms. The third-order valence-corrected chi connectivity index (χ3v) is 5.67. The number of hydrogen-bond donors (Lipinski definition) is 0. The summed E-state index contributed by atoms with van der Waals surface area (Å²) in [7, 11) is 3.39. The Kier molecular flexibility index (Phi) is 7.97. The summed E-state index contributed by atoms with van der Waals surface area (Å²) in [5.41, 5.74) is 1.15. The molecule has 0 radical (unpaired) electrons. The second-order valence-corrected chi connectivity index (χ2v) is 7.95. The number of ether oxygens (including phenoxy) is 2.